The fraction of sp³-hybridized carbons (Fsp3) is 0.125. The maximum atomic E-state index is 12.6. The molecule has 0 saturated carbocycles. The van der Waals surface area contributed by atoms with E-state index in [9.17, 15) is 9.90 Å². The Kier molecular flexibility index (Phi) is 5.92. The molecule has 0 bridgehead atoms. The van der Waals surface area contributed by atoms with Crippen LogP contribution in [0.3, 0.4) is 0 Å². The minimum absolute atomic E-state index is 0.432. The molecule has 0 saturated heterocycles. The first kappa shape index (κ1) is 19.4. The third-order valence-electron chi connectivity index (χ3n) is 4.59. The second kappa shape index (κ2) is 8.55. The average Bonchev–Trinajstić information content (AvgIpc) is 2.75. The van der Waals surface area contributed by atoms with Gasteiger partial charge in [-0.2, -0.15) is 0 Å². The van der Waals surface area contributed by atoms with Crippen molar-refractivity contribution in [3.8, 4) is 11.5 Å². The number of carbonyl (C=O) groups is 1. The molecule has 0 spiro atoms. The molecule has 4 heteroatoms. The number of hydrogen-bond donors (Lipinski definition) is 1. The maximum Gasteiger partial charge on any atom is 0.343 e. The summed E-state index contributed by atoms with van der Waals surface area (Å²) in [6.45, 7) is 3.85. The molecule has 1 N–H and O–H groups in total. The number of methoxy groups -OCH3 is 1. The monoisotopic (exact) mass is 374 g/mol. The minimum atomic E-state index is -1.91. The highest BCUT2D eigenvalue weighted by atomic mass is 16.5. The Morgan fingerprint density at radius 2 is 1.57 bits per heavy atom. The molecule has 0 aliphatic carbocycles. The van der Waals surface area contributed by atoms with Gasteiger partial charge in [0.1, 0.15) is 11.5 Å². The minimum Gasteiger partial charge on any atom is -0.467 e. The molecule has 2 unspecified atom stereocenters. The maximum absolute atomic E-state index is 12.6. The van der Waals surface area contributed by atoms with E-state index >= 15 is 0 Å². The Bertz CT molecular complexity index is 937. The predicted molar refractivity (Wildman–Crippen MR) is 108 cm³/mol. The lowest BCUT2D eigenvalue weighted by Crippen LogP contribution is -2.42. The second-order valence-corrected chi connectivity index (χ2v) is 6.32. The van der Waals surface area contributed by atoms with Crippen LogP contribution in [0.1, 0.15) is 17.0 Å². The van der Waals surface area contributed by atoms with E-state index in [0.29, 0.717) is 22.6 Å². The zero-order valence-electron chi connectivity index (χ0n) is 15.6. The summed E-state index contributed by atoms with van der Waals surface area (Å²) < 4.78 is 10.8. The van der Waals surface area contributed by atoms with Crippen LogP contribution in [0.2, 0.25) is 0 Å². The first-order valence-electron chi connectivity index (χ1n) is 8.91. The second-order valence-electron chi connectivity index (χ2n) is 6.32. The Morgan fingerprint density at radius 3 is 2.18 bits per heavy atom. The van der Waals surface area contributed by atoms with Gasteiger partial charge in [-0.05, 0) is 35.4 Å². The molecule has 4 nitrogen and oxygen atoms in total. The van der Waals surface area contributed by atoms with Crippen LogP contribution in [0.4, 0.5) is 0 Å². The molecule has 0 radical (unpaired) electrons. The molecule has 0 amide bonds. The first-order valence-corrected chi connectivity index (χ1v) is 8.91. The lowest BCUT2D eigenvalue weighted by Gasteiger charge is -2.32. The Balaban J connectivity index is 2.02. The predicted octanol–water partition coefficient (Wildman–Crippen LogP) is 4.81. The van der Waals surface area contributed by atoms with Gasteiger partial charge in [-0.15, -0.1) is 6.58 Å². The Morgan fingerprint density at radius 1 is 0.964 bits per heavy atom. The van der Waals surface area contributed by atoms with Gasteiger partial charge in [0.15, 0.2) is 5.60 Å². The number of rotatable bonds is 7. The molecule has 0 aliphatic heterocycles. The van der Waals surface area contributed by atoms with Crippen molar-refractivity contribution >= 4 is 5.97 Å². The van der Waals surface area contributed by atoms with Crippen LogP contribution in [0.25, 0.3) is 0 Å². The summed E-state index contributed by atoms with van der Waals surface area (Å²) >= 11 is 0. The van der Waals surface area contributed by atoms with Gasteiger partial charge in [-0.3, -0.25) is 0 Å². The molecule has 0 aromatic heterocycles. The van der Waals surface area contributed by atoms with Gasteiger partial charge in [0.25, 0.3) is 0 Å². The SMILES string of the molecule is C=CC(c1cccc(Oc2ccccc2)c1)C(O)(C(=O)OC)c1ccccc1. The normalized spacial score (nSPS) is 13.8. The Hall–Kier alpha value is -3.37. The summed E-state index contributed by atoms with van der Waals surface area (Å²) in [6.07, 6.45) is 1.55. The van der Waals surface area contributed by atoms with Gasteiger partial charge in [0.05, 0.1) is 7.11 Å². The van der Waals surface area contributed by atoms with E-state index in [4.69, 9.17) is 9.47 Å². The Labute approximate surface area is 164 Å². The summed E-state index contributed by atoms with van der Waals surface area (Å²) in [6, 6.07) is 25.4. The van der Waals surface area contributed by atoms with E-state index in [1.165, 1.54) is 7.11 Å². The number of carbonyl (C=O) groups excluding carboxylic acids is 1. The molecule has 3 aromatic carbocycles. The van der Waals surface area contributed by atoms with Gasteiger partial charge in [-0.25, -0.2) is 4.79 Å². The summed E-state index contributed by atoms with van der Waals surface area (Å²) in [7, 11) is 1.26. The fourth-order valence-corrected chi connectivity index (χ4v) is 3.22. The van der Waals surface area contributed by atoms with Gasteiger partial charge < -0.3 is 14.6 Å². The van der Waals surface area contributed by atoms with Crippen molar-refractivity contribution in [3.63, 3.8) is 0 Å². The quantitative estimate of drug-likeness (QED) is 0.476. The fourth-order valence-electron chi connectivity index (χ4n) is 3.22. The van der Waals surface area contributed by atoms with Crippen molar-refractivity contribution in [2.75, 3.05) is 7.11 Å². The summed E-state index contributed by atoms with van der Waals surface area (Å²) in [5.74, 6) is -0.198. The van der Waals surface area contributed by atoms with Crippen molar-refractivity contribution in [3.05, 3.63) is 109 Å². The highest BCUT2D eigenvalue weighted by Crippen LogP contribution is 2.40. The van der Waals surface area contributed by atoms with Gasteiger partial charge in [0, 0.05) is 5.92 Å². The van der Waals surface area contributed by atoms with Crippen molar-refractivity contribution in [2.24, 2.45) is 0 Å². The van der Waals surface area contributed by atoms with Gasteiger partial charge in [0.2, 0.25) is 0 Å². The summed E-state index contributed by atoms with van der Waals surface area (Å²) in [5.41, 5.74) is -0.801. The van der Waals surface area contributed by atoms with E-state index in [1.54, 1.807) is 36.4 Å². The topological polar surface area (TPSA) is 55.8 Å². The highest BCUT2D eigenvalue weighted by molar-refractivity contribution is 5.83. The van der Waals surface area contributed by atoms with E-state index in [0.717, 1.165) is 0 Å². The number of ether oxygens (including phenoxy) is 2. The molecule has 0 fully saturated rings. The molecule has 2 atom stereocenters. The van der Waals surface area contributed by atoms with E-state index in [2.05, 4.69) is 6.58 Å². The van der Waals surface area contributed by atoms with Crippen LogP contribution in [-0.4, -0.2) is 18.2 Å². The molecule has 0 heterocycles. The van der Waals surface area contributed by atoms with Crippen molar-refractivity contribution in [2.45, 2.75) is 11.5 Å². The third kappa shape index (κ3) is 3.82. The average molecular weight is 374 g/mol. The van der Waals surface area contributed by atoms with E-state index in [-0.39, 0.29) is 0 Å². The van der Waals surface area contributed by atoms with Crippen molar-refractivity contribution in [1.82, 2.24) is 0 Å². The smallest absolute Gasteiger partial charge is 0.343 e. The highest BCUT2D eigenvalue weighted by Gasteiger charge is 2.46. The number of benzene rings is 3. The zero-order chi connectivity index (χ0) is 20.0. The third-order valence-corrected chi connectivity index (χ3v) is 4.59. The summed E-state index contributed by atoms with van der Waals surface area (Å²) in [5, 5.41) is 11.5. The van der Waals surface area contributed by atoms with Gasteiger partial charge >= 0.3 is 5.97 Å². The number of hydrogen-bond acceptors (Lipinski definition) is 4. The number of para-hydroxylation sites is 1. The van der Waals surface area contributed by atoms with Crippen LogP contribution in [0, 0.1) is 0 Å². The van der Waals surface area contributed by atoms with Crippen LogP contribution in [0.15, 0.2) is 97.6 Å². The van der Waals surface area contributed by atoms with E-state index in [1.807, 2.05) is 54.6 Å². The number of esters is 1. The molecule has 28 heavy (non-hydrogen) atoms. The lowest BCUT2D eigenvalue weighted by molar-refractivity contribution is -0.165. The first-order chi connectivity index (χ1) is 13.6. The molecular weight excluding hydrogens is 352 g/mol. The van der Waals surface area contributed by atoms with Gasteiger partial charge in [-0.1, -0.05) is 66.7 Å². The van der Waals surface area contributed by atoms with E-state index < -0.39 is 17.5 Å². The number of aliphatic hydroxyl groups is 1. The van der Waals surface area contributed by atoms with Crippen molar-refractivity contribution < 1.29 is 19.4 Å². The van der Waals surface area contributed by atoms with Crippen molar-refractivity contribution in [1.29, 1.82) is 0 Å². The zero-order valence-corrected chi connectivity index (χ0v) is 15.6. The largest absolute Gasteiger partial charge is 0.467 e. The molecule has 3 rings (SSSR count). The molecule has 142 valence electrons. The van der Waals surface area contributed by atoms with Crippen LogP contribution in [0.5, 0.6) is 11.5 Å². The lowest BCUT2D eigenvalue weighted by atomic mass is 9.77. The standard InChI is InChI=1S/C24H22O4/c1-3-22(24(26,23(25)27-2)19-12-6-4-7-13-19)18-11-10-16-21(17-18)28-20-14-8-5-9-15-20/h3-17,22,26H,1H2,2H3. The summed E-state index contributed by atoms with van der Waals surface area (Å²) in [4.78, 5) is 12.6. The molecule has 0 aliphatic rings. The van der Waals surface area contributed by atoms with Crippen LogP contribution < -0.4 is 4.74 Å². The molecular formula is C24H22O4. The van der Waals surface area contributed by atoms with Crippen LogP contribution >= 0.6 is 0 Å². The van der Waals surface area contributed by atoms with Crippen LogP contribution in [-0.2, 0) is 15.1 Å². The molecule has 3 aromatic rings.